The van der Waals surface area contributed by atoms with E-state index in [9.17, 15) is 0 Å². The molecule has 1 aliphatic carbocycles. The van der Waals surface area contributed by atoms with Gasteiger partial charge in [-0.2, -0.15) is 0 Å². The van der Waals surface area contributed by atoms with Gasteiger partial charge in [-0.25, -0.2) is 0 Å². The molecule has 0 bridgehead atoms. The van der Waals surface area contributed by atoms with Crippen molar-refractivity contribution in [3.05, 3.63) is 3.92 Å². The van der Waals surface area contributed by atoms with Gasteiger partial charge in [0.05, 0.1) is 0 Å². The number of nitrogens with zero attached hydrogens (tertiary/aromatic N) is 3. The third-order valence-corrected chi connectivity index (χ3v) is 5.04. The lowest BCUT2D eigenvalue weighted by Gasteiger charge is -2.31. The van der Waals surface area contributed by atoms with Gasteiger partial charge < -0.3 is 4.90 Å². The van der Waals surface area contributed by atoms with E-state index < -0.39 is 0 Å². The molecular weight excluding hydrogens is 274 g/mol. The Hall–Kier alpha value is -0.160. The van der Waals surface area contributed by atoms with Gasteiger partial charge in [-0.3, -0.25) is 0 Å². The zero-order valence-corrected chi connectivity index (χ0v) is 10.9. The highest BCUT2D eigenvalue weighted by Gasteiger charge is 2.36. The molecular formula is C10H14BrN3S. The minimum atomic E-state index is 0.749. The predicted octanol–water partition coefficient (Wildman–Crippen LogP) is 3.07. The number of hydrogen-bond acceptors (Lipinski definition) is 4. The van der Waals surface area contributed by atoms with Crippen LogP contribution in [0.1, 0.15) is 32.1 Å². The third-order valence-electron chi connectivity index (χ3n) is 3.65. The van der Waals surface area contributed by atoms with Crippen molar-refractivity contribution in [2.75, 3.05) is 11.4 Å². The molecule has 3 nitrogen and oxygen atoms in total. The molecule has 2 atom stereocenters. The first-order valence-electron chi connectivity index (χ1n) is 5.60. The number of rotatable bonds is 1. The summed E-state index contributed by atoms with van der Waals surface area (Å²) in [6.07, 6.45) is 6.93. The Labute approximate surface area is 102 Å². The Morgan fingerprint density at radius 3 is 2.87 bits per heavy atom. The Morgan fingerprint density at radius 1 is 1.20 bits per heavy atom. The van der Waals surface area contributed by atoms with Gasteiger partial charge in [0, 0.05) is 12.6 Å². The van der Waals surface area contributed by atoms with Gasteiger partial charge in [0.2, 0.25) is 5.13 Å². The highest BCUT2D eigenvalue weighted by molar-refractivity contribution is 9.11. The lowest BCUT2D eigenvalue weighted by Crippen LogP contribution is -2.34. The first-order valence-corrected chi connectivity index (χ1v) is 7.21. The molecule has 15 heavy (non-hydrogen) atoms. The van der Waals surface area contributed by atoms with E-state index in [1.54, 1.807) is 11.3 Å². The fourth-order valence-electron chi connectivity index (χ4n) is 2.96. The van der Waals surface area contributed by atoms with Crippen LogP contribution in [0.3, 0.4) is 0 Å². The van der Waals surface area contributed by atoms with Gasteiger partial charge >= 0.3 is 0 Å². The SMILES string of the molecule is Brc1nnc(N2CCC3CCCCC32)s1. The summed E-state index contributed by atoms with van der Waals surface area (Å²) in [4.78, 5) is 2.48. The second-order valence-corrected chi connectivity index (χ2v) is 6.66. The Bertz CT molecular complexity index is 354. The summed E-state index contributed by atoms with van der Waals surface area (Å²) in [7, 11) is 0. The van der Waals surface area contributed by atoms with Crippen LogP contribution in [-0.2, 0) is 0 Å². The normalized spacial score (nSPS) is 30.6. The van der Waals surface area contributed by atoms with Crippen molar-refractivity contribution in [2.24, 2.45) is 5.92 Å². The van der Waals surface area contributed by atoms with Crippen LogP contribution in [0.2, 0.25) is 0 Å². The van der Waals surface area contributed by atoms with Crippen molar-refractivity contribution >= 4 is 32.4 Å². The molecule has 2 heterocycles. The van der Waals surface area contributed by atoms with Crippen LogP contribution in [0.5, 0.6) is 0 Å². The molecule has 2 fully saturated rings. The van der Waals surface area contributed by atoms with Crippen molar-refractivity contribution in [2.45, 2.75) is 38.1 Å². The average molecular weight is 288 g/mol. The highest BCUT2D eigenvalue weighted by Crippen LogP contribution is 2.40. The molecule has 2 unspecified atom stereocenters. The van der Waals surface area contributed by atoms with Gasteiger partial charge in [-0.1, -0.05) is 24.2 Å². The molecule has 1 aromatic heterocycles. The summed E-state index contributed by atoms with van der Waals surface area (Å²) >= 11 is 5.05. The summed E-state index contributed by atoms with van der Waals surface area (Å²) in [5.74, 6) is 0.918. The standard InChI is InChI=1S/C10H14BrN3S/c11-9-12-13-10(15-9)14-6-5-7-3-1-2-4-8(7)14/h7-8H,1-6H2. The lowest BCUT2D eigenvalue weighted by molar-refractivity contribution is 0.342. The fraction of sp³-hybridized carbons (Fsp3) is 0.800. The molecule has 0 radical (unpaired) electrons. The van der Waals surface area contributed by atoms with E-state index in [2.05, 4.69) is 31.0 Å². The summed E-state index contributed by atoms with van der Waals surface area (Å²) in [5.41, 5.74) is 0. The summed E-state index contributed by atoms with van der Waals surface area (Å²) in [6, 6.07) is 0.749. The molecule has 0 N–H and O–H groups in total. The van der Waals surface area contributed by atoms with Gasteiger partial charge in [0.25, 0.3) is 0 Å². The number of anilines is 1. The number of hydrogen-bond donors (Lipinski definition) is 0. The monoisotopic (exact) mass is 287 g/mol. The second kappa shape index (κ2) is 4.01. The fourth-order valence-corrected chi connectivity index (χ4v) is 4.13. The van der Waals surface area contributed by atoms with Crippen LogP contribution in [0, 0.1) is 5.92 Å². The summed E-state index contributed by atoms with van der Waals surface area (Å²) in [6.45, 7) is 1.18. The molecule has 1 aromatic rings. The molecule has 5 heteroatoms. The van der Waals surface area contributed by atoms with Crippen molar-refractivity contribution < 1.29 is 0 Å². The maximum Gasteiger partial charge on any atom is 0.209 e. The Kier molecular flexibility index (Phi) is 2.68. The molecule has 2 aliphatic rings. The van der Waals surface area contributed by atoms with E-state index in [1.165, 1.54) is 38.6 Å². The van der Waals surface area contributed by atoms with E-state index in [0.717, 1.165) is 21.0 Å². The number of aromatic nitrogens is 2. The van der Waals surface area contributed by atoms with Crippen LogP contribution < -0.4 is 4.90 Å². The van der Waals surface area contributed by atoms with Gasteiger partial charge in [0.1, 0.15) is 0 Å². The summed E-state index contributed by atoms with van der Waals surface area (Å²) < 4.78 is 0.900. The molecule has 0 amide bonds. The van der Waals surface area contributed by atoms with E-state index in [0.29, 0.717) is 0 Å². The van der Waals surface area contributed by atoms with E-state index in [4.69, 9.17) is 0 Å². The van der Waals surface area contributed by atoms with E-state index in [1.807, 2.05) is 0 Å². The Morgan fingerprint density at radius 2 is 2.07 bits per heavy atom. The van der Waals surface area contributed by atoms with Crippen molar-refractivity contribution in [1.29, 1.82) is 0 Å². The molecule has 3 rings (SSSR count). The molecule has 1 aliphatic heterocycles. The first-order chi connectivity index (χ1) is 7.34. The van der Waals surface area contributed by atoms with Crippen LogP contribution in [0.15, 0.2) is 3.92 Å². The maximum absolute atomic E-state index is 4.24. The average Bonchev–Trinajstić information content (AvgIpc) is 2.83. The summed E-state index contributed by atoms with van der Waals surface area (Å²) in [5, 5.41) is 9.39. The molecule has 0 aromatic carbocycles. The molecule has 82 valence electrons. The van der Waals surface area contributed by atoms with Crippen molar-refractivity contribution in [3.8, 4) is 0 Å². The lowest BCUT2D eigenvalue weighted by atomic mass is 9.85. The number of fused-ring (bicyclic) bond motifs is 1. The van der Waals surface area contributed by atoms with Gasteiger partial charge in [-0.05, 0) is 41.1 Å². The molecule has 1 saturated heterocycles. The van der Waals surface area contributed by atoms with Gasteiger partial charge in [0.15, 0.2) is 3.92 Å². The van der Waals surface area contributed by atoms with Crippen LogP contribution in [0.25, 0.3) is 0 Å². The van der Waals surface area contributed by atoms with Crippen LogP contribution in [-0.4, -0.2) is 22.8 Å². The van der Waals surface area contributed by atoms with E-state index in [-0.39, 0.29) is 0 Å². The second-order valence-electron chi connectivity index (χ2n) is 4.43. The molecule has 1 saturated carbocycles. The maximum atomic E-state index is 4.24. The van der Waals surface area contributed by atoms with Crippen LogP contribution in [0.4, 0.5) is 5.13 Å². The van der Waals surface area contributed by atoms with Crippen LogP contribution >= 0.6 is 27.3 Å². The number of halogens is 1. The first kappa shape index (κ1) is 10.0. The predicted molar refractivity (Wildman–Crippen MR) is 65.3 cm³/mol. The highest BCUT2D eigenvalue weighted by atomic mass is 79.9. The zero-order valence-electron chi connectivity index (χ0n) is 8.53. The quantitative estimate of drug-likeness (QED) is 0.795. The zero-order chi connectivity index (χ0) is 10.3. The minimum absolute atomic E-state index is 0.749. The largest absolute Gasteiger partial charge is 0.343 e. The Balaban J connectivity index is 1.82. The van der Waals surface area contributed by atoms with E-state index >= 15 is 0 Å². The van der Waals surface area contributed by atoms with Crippen molar-refractivity contribution in [3.63, 3.8) is 0 Å². The smallest absolute Gasteiger partial charge is 0.209 e. The molecule has 0 spiro atoms. The van der Waals surface area contributed by atoms with Gasteiger partial charge in [-0.15, -0.1) is 10.2 Å². The van der Waals surface area contributed by atoms with Crippen molar-refractivity contribution in [1.82, 2.24) is 10.2 Å². The minimum Gasteiger partial charge on any atom is -0.343 e. The topological polar surface area (TPSA) is 29.0 Å². The third kappa shape index (κ3) is 1.80.